The Balaban J connectivity index is 0.000000499. The zero-order chi connectivity index (χ0) is 33.0. The van der Waals surface area contributed by atoms with E-state index in [1.807, 2.05) is 76.7 Å². The van der Waals surface area contributed by atoms with Crippen LogP contribution in [0.1, 0.15) is 24.4 Å². The average Bonchev–Trinajstić information content (AvgIpc) is 3.74. The smallest absolute Gasteiger partial charge is 0.475 e. The molecule has 0 unspecified atom stereocenters. The van der Waals surface area contributed by atoms with Gasteiger partial charge in [-0.05, 0) is 42.0 Å². The number of imidazole rings is 1. The Morgan fingerprint density at radius 2 is 1.53 bits per heavy atom. The van der Waals surface area contributed by atoms with Crippen LogP contribution in [0.5, 0.6) is 0 Å². The van der Waals surface area contributed by atoms with Crippen molar-refractivity contribution >= 4 is 28.3 Å². The van der Waals surface area contributed by atoms with Gasteiger partial charge in [0, 0.05) is 36.8 Å². The number of halogens is 3. The van der Waals surface area contributed by atoms with Gasteiger partial charge in [-0.15, -0.1) is 21.5 Å². The monoisotopic (exact) mass is 658 g/mol. The molecule has 1 aliphatic heterocycles. The molecule has 6 aromatic rings. The Bertz CT molecular complexity index is 2020. The van der Waals surface area contributed by atoms with Crippen LogP contribution in [0.4, 0.5) is 13.2 Å². The summed E-state index contributed by atoms with van der Waals surface area (Å²) in [5, 5.41) is 18.2. The van der Waals surface area contributed by atoms with E-state index in [0.29, 0.717) is 5.82 Å². The Hall–Kier alpha value is -5.14. The van der Waals surface area contributed by atoms with Crippen molar-refractivity contribution in [1.82, 2.24) is 29.6 Å². The largest absolute Gasteiger partial charge is 0.490 e. The van der Waals surface area contributed by atoms with Crippen LogP contribution in [0.2, 0.25) is 0 Å². The average molecular weight is 659 g/mol. The molecule has 0 saturated carbocycles. The number of rotatable bonds is 6. The third kappa shape index (κ3) is 7.31. The molecule has 240 valence electrons. The van der Waals surface area contributed by atoms with Gasteiger partial charge in [0.1, 0.15) is 11.4 Å². The van der Waals surface area contributed by atoms with Gasteiger partial charge in [0.15, 0.2) is 5.82 Å². The molecule has 4 heterocycles. The number of hydrogen-bond acceptors (Lipinski definition) is 7. The van der Waals surface area contributed by atoms with Crippen LogP contribution in [0, 0.1) is 0 Å². The lowest BCUT2D eigenvalue weighted by molar-refractivity contribution is -0.192. The fraction of sp³-hybridized carbons (Fsp3) is 0.206. The third-order valence-corrected chi connectivity index (χ3v) is 8.76. The summed E-state index contributed by atoms with van der Waals surface area (Å²) in [6.45, 7) is 2.79. The zero-order valence-corrected chi connectivity index (χ0v) is 25.7. The number of alkyl halides is 3. The normalized spacial score (nSPS) is 14.1. The highest BCUT2D eigenvalue weighted by molar-refractivity contribution is 7.13. The summed E-state index contributed by atoms with van der Waals surface area (Å²) >= 11 is 1.61. The van der Waals surface area contributed by atoms with E-state index in [4.69, 9.17) is 14.9 Å². The summed E-state index contributed by atoms with van der Waals surface area (Å²) < 4.78 is 33.7. The van der Waals surface area contributed by atoms with E-state index >= 15 is 0 Å². The molecule has 9 nitrogen and oxygen atoms in total. The van der Waals surface area contributed by atoms with E-state index in [-0.39, 0.29) is 11.7 Å². The number of carboxylic acid groups (broad SMARTS) is 1. The van der Waals surface area contributed by atoms with Gasteiger partial charge in [0.25, 0.3) is 0 Å². The first-order valence-electron chi connectivity index (χ1n) is 14.8. The molecular weight excluding hydrogens is 629 g/mol. The number of thiophene rings is 1. The van der Waals surface area contributed by atoms with Gasteiger partial charge in [0.2, 0.25) is 0 Å². The lowest BCUT2D eigenvalue weighted by Gasteiger charge is -2.32. The second-order valence-corrected chi connectivity index (χ2v) is 11.9. The fourth-order valence-electron chi connectivity index (χ4n) is 5.63. The molecule has 0 amide bonds. The molecule has 0 spiro atoms. The molecule has 0 aliphatic carbocycles. The van der Waals surface area contributed by atoms with E-state index in [0.717, 1.165) is 70.9 Å². The van der Waals surface area contributed by atoms with Gasteiger partial charge in [-0.3, -0.25) is 9.47 Å². The number of aromatic nitrogens is 5. The Labute approximate surface area is 271 Å². The van der Waals surface area contributed by atoms with Crippen LogP contribution in [-0.2, 0) is 11.3 Å². The van der Waals surface area contributed by atoms with Crippen molar-refractivity contribution in [3.05, 3.63) is 112 Å². The lowest BCUT2D eigenvalue weighted by Crippen LogP contribution is -2.36. The first-order valence-corrected chi connectivity index (χ1v) is 15.7. The van der Waals surface area contributed by atoms with Gasteiger partial charge in [0.05, 0.1) is 15.9 Å². The van der Waals surface area contributed by atoms with Gasteiger partial charge in [-0.25, -0.2) is 14.6 Å². The minimum atomic E-state index is -5.08. The number of aliphatic carboxylic acids is 1. The van der Waals surface area contributed by atoms with Crippen LogP contribution >= 0.6 is 11.3 Å². The maximum Gasteiger partial charge on any atom is 0.490 e. The quantitative estimate of drug-likeness (QED) is 0.197. The third-order valence-electron chi connectivity index (χ3n) is 7.90. The van der Waals surface area contributed by atoms with Crippen molar-refractivity contribution in [2.24, 2.45) is 0 Å². The van der Waals surface area contributed by atoms with Crippen molar-refractivity contribution < 1.29 is 23.1 Å². The molecule has 1 fully saturated rings. The molecule has 1 saturated heterocycles. The number of nitrogens with zero attached hydrogens (tertiary/aromatic N) is 5. The highest BCUT2D eigenvalue weighted by Gasteiger charge is 2.38. The minimum Gasteiger partial charge on any atom is -0.475 e. The Morgan fingerprint density at radius 3 is 2.19 bits per heavy atom. The number of H-pyrrole nitrogens is 1. The summed E-state index contributed by atoms with van der Waals surface area (Å²) in [6, 6.07) is 31.0. The maximum absolute atomic E-state index is 12.6. The van der Waals surface area contributed by atoms with Gasteiger partial charge < -0.3 is 10.1 Å². The van der Waals surface area contributed by atoms with Gasteiger partial charge in [-0.2, -0.15) is 13.2 Å². The van der Waals surface area contributed by atoms with E-state index in [1.54, 1.807) is 11.3 Å². The number of carbonyl (C=O) groups is 1. The molecule has 0 atom stereocenters. The number of hydrogen-bond donors (Lipinski definition) is 2. The highest BCUT2D eigenvalue weighted by atomic mass is 32.1. The molecule has 47 heavy (non-hydrogen) atoms. The molecule has 0 radical (unpaired) electrons. The number of nitrogens with one attached hydrogen (secondary N) is 1. The Kier molecular flexibility index (Phi) is 9.27. The zero-order valence-electron chi connectivity index (χ0n) is 24.9. The first kappa shape index (κ1) is 31.8. The van der Waals surface area contributed by atoms with Crippen molar-refractivity contribution in [2.75, 3.05) is 13.1 Å². The summed E-state index contributed by atoms with van der Waals surface area (Å²) in [4.78, 5) is 33.0. The molecular formula is C34H29F3N6O3S. The topological polar surface area (TPSA) is 117 Å². The molecule has 3 aromatic carbocycles. The SMILES string of the molecule is O=C(O)C(F)(F)F.O=c1[nH]c2ccccc2n1C1CCN(Cc2ccc(-c3nc(-c4cccs4)nnc3-c3ccccc3)cc2)CC1. The fourth-order valence-corrected chi connectivity index (χ4v) is 6.28. The molecule has 3 aromatic heterocycles. The summed E-state index contributed by atoms with van der Waals surface area (Å²) in [5.74, 6) is -2.11. The molecule has 0 bridgehead atoms. The van der Waals surface area contributed by atoms with Crippen LogP contribution in [0.15, 0.2) is 101 Å². The summed E-state index contributed by atoms with van der Waals surface area (Å²) in [6.07, 6.45) is -3.17. The molecule has 7 rings (SSSR count). The van der Waals surface area contributed by atoms with Gasteiger partial charge >= 0.3 is 17.8 Å². The van der Waals surface area contributed by atoms with E-state index in [9.17, 15) is 18.0 Å². The predicted molar refractivity (Wildman–Crippen MR) is 174 cm³/mol. The van der Waals surface area contributed by atoms with Crippen molar-refractivity contribution in [3.63, 3.8) is 0 Å². The molecule has 1 aliphatic rings. The second kappa shape index (κ2) is 13.7. The number of benzene rings is 3. The lowest BCUT2D eigenvalue weighted by atomic mass is 10.0. The predicted octanol–water partition coefficient (Wildman–Crippen LogP) is 7.05. The van der Waals surface area contributed by atoms with Crippen molar-refractivity contribution in [1.29, 1.82) is 0 Å². The number of para-hydroxylation sites is 2. The second-order valence-electron chi connectivity index (χ2n) is 11.0. The maximum atomic E-state index is 12.6. The van der Waals surface area contributed by atoms with Gasteiger partial charge in [-0.1, -0.05) is 72.8 Å². The number of likely N-dealkylation sites (tertiary alicyclic amines) is 1. The van der Waals surface area contributed by atoms with Crippen LogP contribution < -0.4 is 5.69 Å². The van der Waals surface area contributed by atoms with Crippen LogP contribution in [0.25, 0.3) is 44.2 Å². The van der Waals surface area contributed by atoms with Crippen molar-refractivity contribution in [3.8, 4) is 33.2 Å². The molecule has 13 heteroatoms. The number of carboxylic acids is 1. The minimum absolute atomic E-state index is 0.00782. The van der Waals surface area contributed by atoms with E-state index < -0.39 is 12.1 Å². The summed E-state index contributed by atoms with van der Waals surface area (Å²) in [7, 11) is 0. The highest BCUT2D eigenvalue weighted by Crippen LogP contribution is 2.32. The standard InChI is InChI=1S/C32H28N6OS.C2HF3O2/c39-32-33-26-9-4-5-10-27(26)38(32)25-16-18-37(19-17-25)21-22-12-14-24(15-13-22)29-30(23-7-2-1-3-8-23)35-36-31(34-29)28-11-6-20-40-28;3-2(4,5)1(6)7/h1-15,20,25H,16-19,21H2,(H,33,39);(H,6,7). The van der Waals surface area contributed by atoms with Crippen LogP contribution in [0.3, 0.4) is 0 Å². The van der Waals surface area contributed by atoms with Crippen LogP contribution in [-0.4, -0.2) is 60.0 Å². The van der Waals surface area contributed by atoms with E-state index in [2.05, 4.69) is 44.3 Å². The first-order chi connectivity index (χ1) is 22.7. The number of piperidine rings is 1. The Morgan fingerprint density at radius 1 is 0.872 bits per heavy atom. The van der Waals surface area contributed by atoms with Crippen molar-refractivity contribution in [2.45, 2.75) is 31.6 Å². The summed E-state index contributed by atoms with van der Waals surface area (Å²) in [5.41, 5.74) is 6.79. The molecule has 2 N–H and O–H groups in total. The number of aromatic amines is 1. The number of fused-ring (bicyclic) bond motifs is 1. The van der Waals surface area contributed by atoms with E-state index in [1.165, 1.54) is 5.56 Å².